The number of hydrogen-bond acceptors (Lipinski definition) is 2. The molecule has 3 heteroatoms. The summed E-state index contributed by atoms with van der Waals surface area (Å²) < 4.78 is 0. The average Bonchev–Trinajstić information content (AvgIpc) is 3.27. The molecule has 3 saturated carbocycles. The summed E-state index contributed by atoms with van der Waals surface area (Å²) in [6.45, 7) is 13.5. The van der Waals surface area contributed by atoms with Crippen molar-refractivity contribution in [2.45, 2.75) is 72.6 Å². The third kappa shape index (κ3) is 2.42. The van der Waals surface area contributed by atoms with Gasteiger partial charge in [0.05, 0.1) is 12.0 Å². The van der Waals surface area contributed by atoms with Crippen molar-refractivity contribution in [2.24, 2.45) is 51.2 Å². The number of carbonyl (C=O) groups is 1. The van der Waals surface area contributed by atoms with Crippen molar-refractivity contribution in [3.63, 3.8) is 0 Å². The lowest BCUT2D eigenvalue weighted by Crippen LogP contribution is -2.66. The maximum absolute atomic E-state index is 13.3. The van der Waals surface area contributed by atoms with Crippen LogP contribution in [0.1, 0.15) is 72.6 Å². The van der Waals surface area contributed by atoms with Crippen molar-refractivity contribution < 1.29 is 15.0 Å². The lowest BCUT2D eigenvalue weighted by molar-refractivity contribution is -0.214. The number of allylic oxidation sites excluding steroid dienone is 4. The number of carboxylic acids is 1. The fourth-order valence-electron chi connectivity index (χ4n) is 9.90. The number of aliphatic hydroxyl groups is 1. The third-order valence-corrected chi connectivity index (χ3v) is 11.4. The Morgan fingerprint density at radius 1 is 1.13 bits per heavy atom. The standard InChI is InChI=1S/C28H40O3/c1-17(2)19-7-6-18-10-13-28(24(30)31)20(23(18)19)8-9-22-26(4)15-14-25(3,16-29)21(26)11-12-27(22,28)5/h6,14-15,19-23,29H,1,7-13,16H2,2-5H3,(H,30,31)/t19-,20+,21-,22+,23+,25+,26-,27+,28+/m0/s1. The molecule has 2 N–H and O–H groups in total. The monoisotopic (exact) mass is 424 g/mol. The summed E-state index contributed by atoms with van der Waals surface area (Å²) in [7, 11) is 0. The molecule has 0 aromatic carbocycles. The zero-order chi connectivity index (χ0) is 22.4. The van der Waals surface area contributed by atoms with Crippen LogP contribution in [0.2, 0.25) is 0 Å². The van der Waals surface area contributed by atoms with Crippen molar-refractivity contribution in [1.82, 2.24) is 0 Å². The summed E-state index contributed by atoms with van der Waals surface area (Å²) in [4.78, 5) is 13.3. The quantitative estimate of drug-likeness (QED) is 0.546. The summed E-state index contributed by atoms with van der Waals surface area (Å²) in [5.41, 5.74) is 1.66. The van der Waals surface area contributed by atoms with Gasteiger partial charge in [-0.05, 0) is 92.3 Å². The average molecular weight is 425 g/mol. The molecule has 0 saturated heterocycles. The minimum absolute atomic E-state index is 0.0303. The number of aliphatic hydroxyl groups excluding tert-OH is 1. The fraction of sp³-hybridized carbons (Fsp3) is 0.750. The highest BCUT2D eigenvalue weighted by Gasteiger charge is 2.72. The van der Waals surface area contributed by atoms with Crippen LogP contribution < -0.4 is 0 Å². The van der Waals surface area contributed by atoms with E-state index in [-0.39, 0.29) is 28.8 Å². The van der Waals surface area contributed by atoms with Gasteiger partial charge in [0.25, 0.3) is 0 Å². The molecular formula is C28H40O3. The van der Waals surface area contributed by atoms with Crippen LogP contribution in [-0.4, -0.2) is 22.8 Å². The second kappa shape index (κ2) is 6.59. The van der Waals surface area contributed by atoms with Crippen LogP contribution in [0, 0.1) is 51.2 Å². The van der Waals surface area contributed by atoms with Crippen LogP contribution >= 0.6 is 0 Å². The van der Waals surface area contributed by atoms with Crippen molar-refractivity contribution >= 4 is 5.97 Å². The molecule has 0 aromatic rings. The summed E-state index contributed by atoms with van der Waals surface area (Å²) in [5, 5.41) is 21.1. The van der Waals surface area contributed by atoms with Gasteiger partial charge in [0.15, 0.2) is 0 Å². The van der Waals surface area contributed by atoms with Gasteiger partial charge in [-0.2, -0.15) is 0 Å². The molecule has 0 aliphatic heterocycles. The molecule has 0 amide bonds. The molecule has 170 valence electrons. The Morgan fingerprint density at radius 3 is 2.52 bits per heavy atom. The molecule has 5 aliphatic rings. The van der Waals surface area contributed by atoms with E-state index in [1.54, 1.807) is 0 Å². The highest BCUT2D eigenvalue weighted by atomic mass is 16.4. The van der Waals surface area contributed by atoms with Gasteiger partial charge in [-0.25, -0.2) is 0 Å². The van der Waals surface area contributed by atoms with E-state index in [4.69, 9.17) is 0 Å². The first-order valence-electron chi connectivity index (χ1n) is 12.4. The molecule has 0 heterocycles. The minimum atomic E-state index is -0.657. The van der Waals surface area contributed by atoms with E-state index in [1.165, 1.54) is 11.1 Å². The van der Waals surface area contributed by atoms with Gasteiger partial charge in [-0.3, -0.25) is 4.79 Å². The number of aliphatic carboxylic acids is 1. The lowest BCUT2D eigenvalue weighted by Gasteiger charge is -2.68. The number of hydrogen-bond donors (Lipinski definition) is 2. The number of fused-ring (bicyclic) bond motifs is 7. The summed E-state index contributed by atoms with van der Waals surface area (Å²) in [6, 6.07) is 0. The van der Waals surface area contributed by atoms with E-state index in [2.05, 4.69) is 52.5 Å². The molecule has 9 atom stereocenters. The van der Waals surface area contributed by atoms with Gasteiger partial charge in [0.1, 0.15) is 0 Å². The molecular weight excluding hydrogens is 384 g/mol. The van der Waals surface area contributed by atoms with Crippen LogP contribution in [0.5, 0.6) is 0 Å². The van der Waals surface area contributed by atoms with E-state index in [0.29, 0.717) is 23.7 Å². The van der Waals surface area contributed by atoms with Crippen LogP contribution in [0.4, 0.5) is 0 Å². The molecule has 0 radical (unpaired) electrons. The van der Waals surface area contributed by atoms with Crippen molar-refractivity contribution in [3.05, 3.63) is 36.0 Å². The molecule has 5 aliphatic carbocycles. The van der Waals surface area contributed by atoms with Crippen LogP contribution in [0.3, 0.4) is 0 Å². The lowest BCUT2D eigenvalue weighted by atomic mass is 9.35. The predicted octanol–water partition coefficient (Wildman–Crippen LogP) is 6.01. The Balaban J connectivity index is 1.61. The topological polar surface area (TPSA) is 57.5 Å². The van der Waals surface area contributed by atoms with Crippen molar-refractivity contribution in [3.8, 4) is 0 Å². The Bertz CT molecular complexity index is 885. The van der Waals surface area contributed by atoms with Gasteiger partial charge in [-0.15, -0.1) is 0 Å². The molecule has 0 bridgehead atoms. The highest BCUT2D eigenvalue weighted by Crippen LogP contribution is 2.75. The molecule has 3 nitrogen and oxygen atoms in total. The Hall–Kier alpha value is -1.35. The van der Waals surface area contributed by atoms with Crippen LogP contribution in [0.25, 0.3) is 0 Å². The molecule has 0 spiro atoms. The normalized spacial score (nSPS) is 52.5. The summed E-state index contributed by atoms with van der Waals surface area (Å²) >= 11 is 0. The number of rotatable bonds is 3. The fourth-order valence-corrected chi connectivity index (χ4v) is 9.90. The highest BCUT2D eigenvalue weighted by molar-refractivity contribution is 5.77. The van der Waals surface area contributed by atoms with Crippen molar-refractivity contribution in [2.75, 3.05) is 6.61 Å². The predicted molar refractivity (Wildman–Crippen MR) is 123 cm³/mol. The van der Waals surface area contributed by atoms with Crippen molar-refractivity contribution in [1.29, 1.82) is 0 Å². The Kier molecular flexibility index (Phi) is 4.57. The second-order valence-electron chi connectivity index (χ2n) is 12.4. The second-order valence-corrected chi connectivity index (χ2v) is 12.4. The molecule has 5 rings (SSSR count). The third-order valence-electron chi connectivity index (χ3n) is 11.4. The first-order chi connectivity index (χ1) is 14.5. The van der Waals surface area contributed by atoms with Gasteiger partial charge < -0.3 is 10.2 Å². The Labute approximate surface area is 187 Å². The maximum atomic E-state index is 13.3. The van der Waals surface area contributed by atoms with E-state index < -0.39 is 11.4 Å². The van der Waals surface area contributed by atoms with E-state index in [0.717, 1.165) is 44.9 Å². The number of carboxylic acid groups (broad SMARTS) is 1. The van der Waals surface area contributed by atoms with E-state index in [9.17, 15) is 15.0 Å². The minimum Gasteiger partial charge on any atom is -0.481 e. The van der Waals surface area contributed by atoms with E-state index >= 15 is 0 Å². The molecule has 0 unspecified atom stereocenters. The van der Waals surface area contributed by atoms with Gasteiger partial charge in [0.2, 0.25) is 0 Å². The smallest absolute Gasteiger partial charge is 0.310 e. The molecule has 0 aromatic heterocycles. The zero-order valence-corrected chi connectivity index (χ0v) is 19.8. The molecule has 31 heavy (non-hydrogen) atoms. The summed E-state index contributed by atoms with van der Waals surface area (Å²) in [6.07, 6.45) is 13.9. The maximum Gasteiger partial charge on any atom is 0.310 e. The van der Waals surface area contributed by atoms with Crippen LogP contribution in [0.15, 0.2) is 36.0 Å². The van der Waals surface area contributed by atoms with Gasteiger partial charge in [0, 0.05) is 5.41 Å². The SMILES string of the molecule is C=C(C)[C@@H]1CC=C2CC[C@]3(C(=O)O)[C@H](CC[C@@H]4[C@@]5(C)C=C[C@](C)(CO)[C@@H]5CC[C@]43C)[C@H]21. The summed E-state index contributed by atoms with van der Waals surface area (Å²) in [5.74, 6) is 1.20. The van der Waals surface area contributed by atoms with Crippen LogP contribution in [-0.2, 0) is 4.79 Å². The van der Waals surface area contributed by atoms with Gasteiger partial charge >= 0.3 is 5.97 Å². The van der Waals surface area contributed by atoms with E-state index in [1.807, 2.05) is 0 Å². The Morgan fingerprint density at radius 2 is 1.87 bits per heavy atom. The first-order valence-corrected chi connectivity index (χ1v) is 12.4. The van der Waals surface area contributed by atoms with Gasteiger partial charge in [-0.1, -0.05) is 56.7 Å². The molecule has 3 fully saturated rings. The largest absolute Gasteiger partial charge is 0.481 e. The zero-order valence-electron chi connectivity index (χ0n) is 19.8. The first kappa shape index (κ1) is 21.5.